The highest BCUT2D eigenvalue weighted by Gasteiger charge is 2.37. The molecule has 0 aliphatic heterocycles. The predicted octanol–water partition coefficient (Wildman–Crippen LogP) is 3.86. The van der Waals surface area contributed by atoms with E-state index in [0.717, 1.165) is 17.8 Å². The SMILES string of the molecule is CC1CC2CC(C2)CC(C)(C)C1. The largest absolute Gasteiger partial charge is 0.0625 e. The lowest BCUT2D eigenvalue weighted by molar-refractivity contribution is 0.0586. The first-order valence-electron chi connectivity index (χ1n) is 5.55. The van der Waals surface area contributed by atoms with Crippen LogP contribution in [0.4, 0.5) is 0 Å². The topological polar surface area (TPSA) is 0 Å². The second kappa shape index (κ2) is 2.75. The molecule has 70 valence electrons. The summed E-state index contributed by atoms with van der Waals surface area (Å²) in [6.45, 7) is 7.37. The van der Waals surface area contributed by atoms with Gasteiger partial charge in [-0.25, -0.2) is 0 Å². The fraction of sp³-hybridized carbons (Fsp3) is 1.00. The standard InChI is InChI=1S/C12H22/c1-9-4-10-5-11(6-10)8-12(2,3)7-9/h9-11H,4-8H2,1-3H3. The van der Waals surface area contributed by atoms with Crippen LogP contribution in [-0.4, -0.2) is 0 Å². The molecule has 3 saturated carbocycles. The summed E-state index contributed by atoms with van der Waals surface area (Å²) in [6.07, 6.45) is 7.56. The van der Waals surface area contributed by atoms with Crippen molar-refractivity contribution in [2.24, 2.45) is 23.2 Å². The van der Waals surface area contributed by atoms with E-state index in [1.54, 1.807) is 12.8 Å². The van der Waals surface area contributed by atoms with Crippen LogP contribution in [0, 0.1) is 23.2 Å². The van der Waals surface area contributed by atoms with E-state index in [0.29, 0.717) is 5.41 Å². The highest BCUT2D eigenvalue weighted by Crippen LogP contribution is 2.49. The molecule has 0 amide bonds. The third-order valence-electron chi connectivity index (χ3n) is 3.81. The van der Waals surface area contributed by atoms with Crippen molar-refractivity contribution in [2.45, 2.75) is 52.9 Å². The van der Waals surface area contributed by atoms with Crippen LogP contribution in [0.2, 0.25) is 0 Å². The number of hydrogen-bond donors (Lipinski definition) is 0. The van der Waals surface area contributed by atoms with E-state index in [2.05, 4.69) is 20.8 Å². The maximum atomic E-state index is 2.46. The summed E-state index contributed by atoms with van der Waals surface area (Å²) in [5.74, 6) is 3.19. The van der Waals surface area contributed by atoms with Gasteiger partial charge in [0.1, 0.15) is 0 Å². The molecule has 3 aliphatic carbocycles. The first kappa shape index (κ1) is 8.59. The van der Waals surface area contributed by atoms with Crippen LogP contribution in [0.15, 0.2) is 0 Å². The molecule has 0 aromatic rings. The van der Waals surface area contributed by atoms with Gasteiger partial charge in [-0.1, -0.05) is 20.8 Å². The molecular formula is C12H22. The van der Waals surface area contributed by atoms with Gasteiger partial charge in [-0.05, 0) is 55.3 Å². The molecule has 0 aromatic carbocycles. The van der Waals surface area contributed by atoms with Crippen molar-refractivity contribution in [3.05, 3.63) is 0 Å². The molecule has 1 atom stereocenters. The molecule has 0 N–H and O–H groups in total. The molecule has 0 heterocycles. The molecule has 0 saturated heterocycles. The molecule has 0 radical (unpaired) electrons. The Labute approximate surface area is 76.7 Å². The minimum atomic E-state index is 0.634. The molecule has 1 unspecified atom stereocenters. The lowest BCUT2D eigenvalue weighted by atomic mass is 9.60. The van der Waals surface area contributed by atoms with Gasteiger partial charge in [0.2, 0.25) is 0 Å². The summed E-state index contributed by atoms with van der Waals surface area (Å²) in [5.41, 5.74) is 0.634. The summed E-state index contributed by atoms with van der Waals surface area (Å²) < 4.78 is 0. The molecule has 0 heteroatoms. The smallest absolute Gasteiger partial charge is 0.0349 e. The molecule has 3 rings (SSSR count). The Morgan fingerprint density at radius 1 is 0.917 bits per heavy atom. The molecule has 12 heavy (non-hydrogen) atoms. The molecular weight excluding hydrogens is 144 g/mol. The zero-order chi connectivity index (χ0) is 8.77. The maximum absolute atomic E-state index is 2.46. The van der Waals surface area contributed by atoms with Crippen LogP contribution < -0.4 is 0 Å². The quantitative estimate of drug-likeness (QED) is 0.512. The first-order valence-corrected chi connectivity index (χ1v) is 5.55. The number of hydrogen-bond acceptors (Lipinski definition) is 0. The molecule has 0 aromatic heterocycles. The van der Waals surface area contributed by atoms with Gasteiger partial charge in [0, 0.05) is 0 Å². The Morgan fingerprint density at radius 2 is 1.58 bits per heavy atom. The summed E-state index contributed by atoms with van der Waals surface area (Å²) in [5, 5.41) is 0. The monoisotopic (exact) mass is 166 g/mol. The van der Waals surface area contributed by atoms with Gasteiger partial charge in [0.15, 0.2) is 0 Å². The minimum Gasteiger partial charge on any atom is -0.0625 e. The molecule has 0 nitrogen and oxygen atoms in total. The number of rotatable bonds is 0. The third-order valence-corrected chi connectivity index (χ3v) is 3.81. The fourth-order valence-electron chi connectivity index (χ4n) is 3.69. The van der Waals surface area contributed by atoms with Crippen molar-refractivity contribution >= 4 is 0 Å². The van der Waals surface area contributed by atoms with E-state index < -0.39 is 0 Å². The van der Waals surface area contributed by atoms with Gasteiger partial charge in [0.05, 0.1) is 0 Å². The highest BCUT2D eigenvalue weighted by atomic mass is 14.4. The zero-order valence-electron chi connectivity index (χ0n) is 8.77. The van der Waals surface area contributed by atoms with Crippen molar-refractivity contribution < 1.29 is 0 Å². The van der Waals surface area contributed by atoms with Crippen LogP contribution in [0.5, 0.6) is 0 Å². The van der Waals surface area contributed by atoms with Gasteiger partial charge >= 0.3 is 0 Å². The van der Waals surface area contributed by atoms with Gasteiger partial charge < -0.3 is 0 Å². The van der Waals surface area contributed by atoms with Crippen LogP contribution in [0.3, 0.4) is 0 Å². The second-order valence-electron chi connectivity index (χ2n) is 6.12. The van der Waals surface area contributed by atoms with Gasteiger partial charge in [-0.2, -0.15) is 0 Å². The molecule has 3 fully saturated rings. The van der Waals surface area contributed by atoms with E-state index in [1.165, 1.54) is 19.3 Å². The van der Waals surface area contributed by atoms with Crippen molar-refractivity contribution in [1.82, 2.24) is 0 Å². The second-order valence-corrected chi connectivity index (χ2v) is 6.12. The highest BCUT2D eigenvalue weighted by molar-refractivity contribution is 4.89. The fourth-order valence-corrected chi connectivity index (χ4v) is 3.69. The Kier molecular flexibility index (Phi) is 1.97. The average Bonchev–Trinajstić information content (AvgIpc) is 1.77. The van der Waals surface area contributed by atoms with E-state index in [9.17, 15) is 0 Å². The van der Waals surface area contributed by atoms with Gasteiger partial charge in [-0.3, -0.25) is 0 Å². The third kappa shape index (κ3) is 1.67. The zero-order valence-corrected chi connectivity index (χ0v) is 8.77. The molecule has 2 bridgehead atoms. The van der Waals surface area contributed by atoms with Crippen molar-refractivity contribution in [1.29, 1.82) is 0 Å². The van der Waals surface area contributed by atoms with Crippen LogP contribution in [-0.2, 0) is 0 Å². The Hall–Kier alpha value is 0. The van der Waals surface area contributed by atoms with E-state index >= 15 is 0 Å². The van der Waals surface area contributed by atoms with Crippen molar-refractivity contribution in [2.75, 3.05) is 0 Å². The summed E-state index contributed by atoms with van der Waals surface area (Å²) >= 11 is 0. The predicted molar refractivity (Wildman–Crippen MR) is 53.0 cm³/mol. The summed E-state index contributed by atoms with van der Waals surface area (Å²) in [7, 11) is 0. The van der Waals surface area contributed by atoms with E-state index in [4.69, 9.17) is 0 Å². The van der Waals surface area contributed by atoms with Crippen molar-refractivity contribution in [3.8, 4) is 0 Å². The van der Waals surface area contributed by atoms with E-state index in [1.807, 2.05) is 0 Å². The Bertz CT molecular complexity index is 159. The molecule has 3 aliphatic rings. The first-order chi connectivity index (χ1) is 5.55. The Balaban J connectivity index is 2.02. The average molecular weight is 166 g/mol. The number of fused-ring (bicyclic) bond motifs is 4. The van der Waals surface area contributed by atoms with Crippen LogP contribution >= 0.6 is 0 Å². The van der Waals surface area contributed by atoms with Crippen LogP contribution in [0.25, 0.3) is 0 Å². The van der Waals surface area contributed by atoms with Crippen molar-refractivity contribution in [3.63, 3.8) is 0 Å². The van der Waals surface area contributed by atoms with Crippen LogP contribution in [0.1, 0.15) is 52.9 Å². The maximum Gasteiger partial charge on any atom is -0.0349 e. The van der Waals surface area contributed by atoms with E-state index in [-0.39, 0.29) is 0 Å². The lowest BCUT2D eigenvalue weighted by Crippen LogP contribution is -2.34. The minimum absolute atomic E-state index is 0.634. The summed E-state index contributed by atoms with van der Waals surface area (Å²) in [4.78, 5) is 0. The summed E-state index contributed by atoms with van der Waals surface area (Å²) in [6, 6.07) is 0. The molecule has 0 spiro atoms. The lowest BCUT2D eigenvalue weighted by Gasteiger charge is -2.45. The Morgan fingerprint density at radius 3 is 2.25 bits per heavy atom. The van der Waals surface area contributed by atoms with Gasteiger partial charge in [0.25, 0.3) is 0 Å². The normalized spacial score (nSPS) is 45.8. The van der Waals surface area contributed by atoms with Gasteiger partial charge in [-0.15, -0.1) is 0 Å².